The van der Waals surface area contributed by atoms with Crippen molar-refractivity contribution in [1.82, 2.24) is 4.90 Å². The van der Waals surface area contributed by atoms with E-state index >= 15 is 0 Å². The van der Waals surface area contributed by atoms with Crippen LogP contribution < -0.4 is 9.47 Å². The van der Waals surface area contributed by atoms with Gasteiger partial charge in [0, 0.05) is 6.54 Å². The van der Waals surface area contributed by atoms with E-state index in [0.29, 0.717) is 24.5 Å². The standard InChI is InChI=1S/C15H19NO5/c1-20-11-7-5-8-12(21-2)13(11)14(17)16-9-4-3-6-10(16)15(18)19/h5,7-8,10H,3-4,6,9H2,1-2H3,(H,18,19)/t10-/m0/s1. The second-order valence-corrected chi connectivity index (χ2v) is 4.89. The first-order valence-corrected chi connectivity index (χ1v) is 6.85. The normalized spacial score (nSPS) is 18.2. The number of carboxylic acid groups (broad SMARTS) is 1. The van der Waals surface area contributed by atoms with Crippen LogP contribution in [0.5, 0.6) is 11.5 Å². The van der Waals surface area contributed by atoms with Crippen molar-refractivity contribution in [3.05, 3.63) is 23.8 Å². The summed E-state index contributed by atoms with van der Waals surface area (Å²) in [7, 11) is 2.94. The van der Waals surface area contributed by atoms with E-state index in [1.165, 1.54) is 19.1 Å². The first-order valence-electron chi connectivity index (χ1n) is 6.85. The maximum atomic E-state index is 12.8. The molecule has 2 rings (SSSR count). The van der Waals surface area contributed by atoms with Gasteiger partial charge in [0.1, 0.15) is 23.1 Å². The Morgan fingerprint density at radius 3 is 2.33 bits per heavy atom. The van der Waals surface area contributed by atoms with E-state index in [-0.39, 0.29) is 11.5 Å². The molecule has 6 heteroatoms. The summed E-state index contributed by atoms with van der Waals surface area (Å²) in [5, 5.41) is 9.30. The maximum Gasteiger partial charge on any atom is 0.326 e. The molecule has 1 aliphatic rings. The molecule has 1 N–H and O–H groups in total. The predicted molar refractivity (Wildman–Crippen MR) is 75.9 cm³/mol. The fraction of sp³-hybridized carbons (Fsp3) is 0.467. The number of hydrogen-bond donors (Lipinski definition) is 1. The summed E-state index contributed by atoms with van der Waals surface area (Å²) < 4.78 is 10.4. The minimum atomic E-state index is -0.975. The van der Waals surface area contributed by atoms with Crippen LogP contribution in [0.4, 0.5) is 0 Å². The number of carbonyl (C=O) groups excluding carboxylic acids is 1. The zero-order chi connectivity index (χ0) is 15.4. The lowest BCUT2D eigenvalue weighted by Gasteiger charge is -2.33. The van der Waals surface area contributed by atoms with E-state index in [1.807, 2.05) is 0 Å². The summed E-state index contributed by atoms with van der Waals surface area (Å²) in [4.78, 5) is 25.5. The highest BCUT2D eigenvalue weighted by Gasteiger charge is 2.34. The van der Waals surface area contributed by atoms with Gasteiger partial charge < -0.3 is 19.5 Å². The van der Waals surface area contributed by atoms with E-state index in [1.54, 1.807) is 18.2 Å². The molecule has 1 amide bonds. The van der Waals surface area contributed by atoms with Crippen LogP contribution in [-0.2, 0) is 4.79 Å². The molecule has 21 heavy (non-hydrogen) atoms. The third kappa shape index (κ3) is 2.94. The fourth-order valence-corrected chi connectivity index (χ4v) is 2.64. The first kappa shape index (κ1) is 15.2. The smallest absolute Gasteiger partial charge is 0.326 e. The van der Waals surface area contributed by atoms with Crippen molar-refractivity contribution in [2.24, 2.45) is 0 Å². The van der Waals surface area contributed by atoms with Crippen LogP contribution in [0.25, 0.3) is 0 Å². The van der Waals surface area contributed by atoms with Gasteiger partial charge in [-0.25, -0.2) is 4.79 Å². The van der Waals surface area contributed by atoms with Gasteiger partial charge in [-0.2, -0.15) is 0 Å². The van der Waals surface area contributed by atoms with Crippen molar-refractivity contribution in [3.8, 4) is 11.5 Å². The van der Waals surface area contributed by atoms with Gasteiger partial charge >= 0.3 is 5.97 Å². The summed E-state index contributed by atoms with van der Waals surface area (Å²) in [6, 6.07) is 4.26. The summed E-state index contributed by atoms with van der Waals surface area (Å²) in [6.45, 7) is 0.428. The monoisotopic (exact) mass is 293 g/mol. The Labute approximate surface area is 123 Å². The third-order valence-corrected chi connectivity index (χ3v) is 3.69. The van der Waals surface area contributed by atoms with Crippen LogP contribution in [0.15, 0.2) is 18.2 Å². The molecule has 114 valence electrons. The summed E-state index contributed by atoms with van der Waals surface area (Å²) in [5.74, 6) is -0.573. The molecule has 0 aliphatic carbocycles. The number of amides is 1. The average Bonchev–Trinajstić information content (AvgIpc) is 2.53. The van der Waals surface area contributed by atoms with Crippen molar-refractivity contribution < 1.29 is 24.2 Å². The molecule has 0 aromatic heterocycles. The van der Waals surface area contributed by atoms with Gasteiger partial charge in [-0.05, 0) is 31.4 Å². The zero-order valence-corrected chi connectivity index (χ0v) is 12.2. The molecule has 0 spiro atoms. The predicted octanol–water partition coefficient (Wildman–Crippen LogP) is 1.78. The molecule has 1 aromatic rings. The van der Waals surface area contributed by atoms with Crippen molar-refractivity contribution in [3.63, 3.8) is 0 Å². The molecule has 1 aromatic carbocycles. The van der Waals surface area contributed by atoms with Gasteiger partial charge in [-0.15, -0.1) is 0 Å². The van der Waals surface area contributed by atoms with Crippen molar-refractivity contribution in [2.45, 2.75) is 25.3 Å². The second-order valence-electron chi connectivity index (χ2n) is 4.89. The number of benzene rings is 1. The molecule has 1 atom stereocenters. The van der Waals surface area contributed by atoms with Gasteiger partial charge in [0.25, 0.3) is 5.91 Å². The Bertz CT molecular complexity index is 521. The lowest BCUT2D eigenvalue weighted by molar-refractivity contribution is -0.143. The molecule has 1 saturated heterocycles. The van der Waals surface area contributed by atoms with E-state index in [4.69, 9.17) is 9.47 Å². The minimum Gasteiger partial charge on any atom is -0.496 e. The lowest BCUT2D eigenvalue weighted by Crippen LogP contribution is -2.48. The molecule has 0 unspecified atom stereocenters. The van der Waals surface area contributed by atoms with E-state index < -0.39 is 12.0 Å². The van der Waals surface area contributed by atoms with Gasteiger partial charge in [0.2, 0.25) is 0 Å². The lowest BCUT2D eigenvalue weighted by atomic mass is 10.0. The first-order chi connectivity index (χ1) is 10.1. The largest absolute Gasteiger partial charge is 0.496 e. The number of rotatable bonds is 4. The van der Waals surface area contributed by atoms with E-state index in [2.05, 4.69) is 0 Å². The van der Waals surface area contributed by atoms with E-state index in [0.717, 1.165) is 12.8 Å². The van der Waals surface area contributed by atoms with Crippen LogP contribution in [0.1, 0.15) is 29.6 Å². The number of hydrogen-bond acceptors (Lipinski definition) is 4. The summed E-state index contributed by atoms with van der Waals surface area (Å²) in [6.07, 6.45) is 2.08. The van der Waals surface area contributed by atoms with Crippen molar-refractivity contribution >= 4 is 11.9 Å². The highest BCUT2D eigenvalue weighted by atomic mass is 16.5. The number of methoxy groups -OCH3 is 2. The molecule has 0 radical (unpaired) electrons. The number of aliphatic carboxylic acids is 1. The molecule has 1 fully saturated rings. The highest BCUT2D eigenvalue weighted by Crippen LogP contribution is 2.31. The molecular weight excluding hydrogens is 274 g/mol. The molecular formula is C15H19NO5. The van der Waals surface area contributed by atoms with Gasteiger partial charge in [0.05, 0.1) is 14.2 Å². The molecule has 0 saturated carbocycles. The number of ether oxygens (including phenoxy) is 2. The number of likely N-dealkylation sites (tertiary alicyclic amines) is 1. The fourth-order valence-electron chi connectivity index (χ4n) is 2.64. The quantitative estimate of drug-likeness (QED) is 0.915. The minimum absolute atomic E-state index is 0.274. The Morgan fingerprint density at radius 1 is 1.19 bits per heavy atom. The summed E-state index contributed by atoms with van der Waals surface area (Å²) in [5.41, 5.74) is 0.274. The van der Waals surface area contributed by atoms with E-state index in [9.17, 15) is 14.7 Å². The SMILES string of the molecule is COc1cccc(OC)c1C(=O)N1CCCC[C@H]1C(=O)O. The number of nitrogens with zero attached hydrogens (tertiary/aromatic N) is 1. The molecule has 1 aliphatic heterocycles. The Morgan fingerprint density at radius 2 is 1.81 bits per heavy atom. The Kier molecular flexibility index (Phi) is 4.67. The summed E-state index contributed by atoms with van der Waals surface area (Å²) >= 11 is 0. The highest BCUT2D eigenvalue weighted by molar-refractivity contribution is 6.01. The van der Waals surface area contributed by atoms with Crippen molar-refractivity contribution in [2.75, 3.05) is 20.8 Å². The maximum absolute atomic E-state index is 12.8. The Balaban J connectivity index is 2.40. The number of piperidine rings is 1. The topological polar surface area (TPSA) is 76.1 Å². The van der Waals surface area contributed by atoms with Crippen LogP contribution in [0.3, 0.4) is 0 Å². The molecule has 6 nitrogen and oxygen atoms in total. The zero-order valence-electron chi connectivity index (χ0n) is 12.2. The van der Waals surface area contributed by atoms with Gasteiger partial charge in [-0.3, -0.25) is 4.79 Å². The third-order valence-electron chi connectivity index (χ3n) is 3.69. The van der Waals surface area contributed by atoms with Gasteiger partial charge in [0.15, 0.2) is 0 Å². The molecule has 1 heterocycles. The van der Waals surface area contributed by atoms with Crippen LogP contribution in [-0.4, -0.2) is 48.7 Å². The number of carbonyl (C=O) groups is 2. The van der Waals surface area contributed by atoms with Crippen molar-refractivity contribution in [1.29, 1.82) is 0 Å². The van der Waals surface area contributed by atoms with Crippen LogP contribution >= 0.6 is 0 Å². The van der Waals surface area contributed by atoms with Gasteiger partial charge in [-0.1, -0.05) is 6.07 Å². The second kappa shape index (κ2) is 6.47. The van der Waals surface area contributed by atoms with Crippen LogP contribution in [0, 0.1) is 0 Å². The van der Waals surface area contributed by atoms with Crippen LogP contribution in [0.2, 0.25) is 0 Å². The Hall–Kier alpha value is -2.24. The molecule has 0 bridgehead atoms. The average molecular weight is 293 g/mol. The number of carboxylic acids is 1.